The van der Waals surface area contributed by atoms with Crippen molar-refractivity contribution in [1.82, 2.24) is 5.32 Å². The Hall–Kier alpha value is -2.34. The molecular weight excluding hydrogens is 252 g/mol. The summed E-state index contributed by atoms with van der Waals surface area (Å²) in [6, 6.07) is 9.70. The van der Waals surface area contributed by atoms with Crippen molar-refractivity contribution in [2.24, 2.45) is 0 Å². The van der Waals surface area contributed by atoms with Crippen LogP contribution in [0.1, 0.15) is 10.6 Å². The first-order valence-electron chi connectivity index (χ1n) is 5.10. The molecule has 1 heterocycles. The Kier molecular flexibility index (Phi) is 3.59. The molecule has 0 unspecified atom stereocenters. The van der Waals surface area contributed by atoms with E-state index in [1.54, 1.807) is 24.3 Å². The third kappa shape index (κ3) is 2.86. The van der Waals surface area contributed by atoms with Gasteiger partial charge in [0.05, 0.1) is 12.0 Å². The number of benzene rings is 1. The molecule has 0 atom stereocenters. The number of carbonyl (C=O) groups excluding carboxylic acids is 1. The van der Waals surface area contributed by atoms with E-state index in [1.165, 1.54) is 18.4 Å². The lowest BCUT2D eigenvalue weighted by molar-refractivity contribution is 0.0950. The molecule has 6 heteroatoms. The molecule has 92 valence electrons. The summed E-state index contributed by atoms with van der Waals surface area (Å²) in [6.45, 7) is 0. The number of rotatable bonds is 2. The maximum Gasteiger partial charge on any atom is 0.293 e. The number of hydrogen-bond acceptors (Lipinski definition) is 4. The number of furan rings is 1. The fraction of sp³-hybridized carbons (Fsp3) is 0. The third-order valence-corrected chi connectivity index (χ3v) is 2.33. The number of hydrogen-bond donors (Lipinski definition) is 3. The zero-order chi connectivity index (χ0) is 13.0. The van der Waals surface area contributed by atoms with Crippen molar-refractivity contribution in [2.75, 3.05) is 5.32 Å². The van der Waals surface area contributed by atoms with Gasteiger partial charge in [-0.25, -0.2) is 0 Å². The van der Waals surface area contributed by atoms with Gasteiger partial charge in [0.2, 0.25) is 0 Å². The average Bonchev–Trinajstić information content (AvgIpc) is 2.85. The van der Waals surface area contributed by atoms with E-state index < -0.39 is 5.91 Å². The van der Waals surface area contributed by atoms with E-state index in [9.17, 15) is 9.90 Å². The van der Waals surface area contributed by atoms with Gasteiger partial charge in [-0.2, -0.15) is 0 Å². The topological polar surface area (TPSA) is 74.5 Å². The van der Waals surface area contributed by atoms with Crippen molar-refractivity contribution in [3.63, 3.8) is 0 Å². The highest BCUT2D eigenvalue weighted by atomic mass is 32.1. The number of amides is 1. The SMILES string of the molecule is O=C(NC(=S)Nc1ccccc1O)c1ccco1. The molecule has 0 bridgehead atoms. The molecule has 2 rings (SSSR count). The lowest BCUT2D eigenvalue weighted by atomic mass is 10.3. The average molecular weight is 262 g/mol. The van der Waals surface area contributed by atoms with Crippen LogP contribution in [0.25, 0.3) is 0 Å². The van der Waals surface area contributed by atoms with Gasteiger partial charge in [0.25, 0.3) is 5.91 Å². The van der Waals surface area contributed by atoms with Gasteiger partial charge in [0, 0.05) is 0 Å². The van der Waals surface area contributed by atoms with Gasteiger partial charge in [-0.15, -0.1) is 0 Å². The summed E-state index contributed by atoms with van der Waals surface area (Å²) in [4.78, 5) is 11.6. The minimum Gasteiger partial charge on any atom is -0.506 e. The summed E-state index contributed by atoms with van der Waals surface area (Å²) < 4.78 is 4.92. The van der Waals surface area contributed by atoms with Gasteiger partial charge in [-0.3, -0.25) is 10.1 Å². The van der Waals surface area contributed by atoms with Gasteiger partial charge >= 0.3 is 0 Å². The molecule has 2 aromatic rings. The highest BCUT2D eigenvalue weighted by molar-refractivity contribution is 7.80. The number of carbonyl (C=O) groups is 1. The largest absolute Gasteiger partial charge is 0.506 e. The van der Waals surface area contributed by atoms with Crippen LogP contribution in [0, 0.1) is 0 Å². The first kappa shape index (κ1) is 12.1. The number of thiocarbonyl (C=S) groups is 1. The van der Waals surface area contributed by atoms with E-state index in [0.717, 1.165) is 0 Å². The molecule has 0 aliphatic carbocycles. The summed E-state index contributed by atoms with van der Waals surface area (Å²) in [5.74, 6) is -0.239. The fourth-order valence-electron chi connectivity index (χ4n) is 1.31. The van der Waals surface area contributed by atoms with E-state index in [0.29, 0.717) is 5.69 Å². The predicted molar refractivity (Wildman–Crippen MR) is 70.5 cm³/mol. The molecule has 1 aromatic heterocycles. The molecule has 0 fully saturated rings. The smallest absolute Gasteiger partial charge is 0.293 e. The van der Waals surface area contributed by atoms with Crippen LogP contribution >= 0.6 is 12.2 Å². The first-order chi connectivity index (χ1) is 8.66. The van der Waals surface area contributed by atoms with Gasteiger partial charge < -0.3 is 14.8 Å². The summed E-state index contributed by atoms with van der Waals surface area (Å²) in [5.41, 5.74) is 0.419. The third-order valence-electron chi connectivity index (χ3n) is 2.12. The maximum absolute atomic E-state index is 11.6. The van der Waals surface area contributed by atoms with Crippen LogP contribution in [0.15, 0.2) is 47.1 Å². The Labute approximate surface area is 108 Å². The highest BCUT2D eigenvalue weighted by Crippen LogP contribution is 2.21. The standard InChI is InChI=1S/C12H10N2O3S/c15-9-5-2-1-4-8(9)13-12(18)14-11(16)10-6-3-7-17-10/h1-7,15H,(H2,13,14,16,18). The summed E-state index contributed by atoms with van der Waals surface area (Å²) in [6.07, 6.45) is 1.40. The predicted octanol–water partition coefficient (Wildman–Crippen LogP) is 2.11. The normalized spacial score (nSPS) is 9.78. The summed E-state index contributed by atoms with van der Waals surface area (Å²) in [7, 11) is 0. The van der Waals surface area contributed by atoms with Crippen LogP contribution in [0.3, 0.4) is 0 Å². The second-order valence-corrected chi connectivity index (χ2v) is 3.81. The molecule has 5 nitrogen and oxygen atoms in total. The van der Waals surface area contributed by atoms with Crippen molar-refractivity contribution >= 4 is 28.9 Å². The zero-order valence-corrected chi connectivity index (χ0v) is 10.0. The summed E-state index contributed by atoms with van der Waals surface area (Å²) >= 11 is 4.95. The van der Waals surface area contributed by atoms with Gasteiger partial charge in [-0.1, -0.05) is 12.1 Å². The summed E-state index contributed by atoms with van der Waals surface area (Å²) in [5, 5.41) is 14.8. The van der Waals surface area contributed by atoms with Crippen molar-refractivity contribution in [1.29, 1.82) is 0 Å². The maximum atomic E-state index is 11.6. The lowest BCUT2D eigenvalue weighted by Gasteiger charge is -2.09. The van der Waals surface area contributed by atoms with Crippen molar-refractivity contribution in [3.05, 3.63) is 48.4 Å². The lowest BCUT2D eigenvalue weighted by Crippen LogP contribution is -2.33. The Balaban J connectivity index is 1.98. The number of para-hydroxylation sites is 2. The highest BCUT2D eigenvalue weighted by Gasteiger charge is 2.10. The van der Waals surface area contributed by atoms with Crippen molar-refractivity contribution in [3.8, 4) is 5.75 Å². The molecule has 18 heavy (non-hydrogen) atoms. The van der Waals surface area contributed by atoms with E-state index in [1.807, 2.05) is 0 Å². The molecule has 0 aliphatic heterocycles. The van der Waals surface area contributed by atoms with E-state index in [4.69, 9.17) is 16.6 Å². The van der Waals surface area contributed by atoms with E-state index in [-0.39, 0.29) is 16.6 Å². The molecule has 3 N–H and O–H groups in total. The molecule has 0 saturated heterocycles. The Bertz CT molecular complexity index is 566. The van der Waals surface area contributed by atoms with Crippen LogP contribution in [0.5, 0.6) is 5.75 Å². The van der Waals surface area contributed by atoms with Gasteiger partial charge in [0.15, 0.2) is 10.9 Å². The number of anilines is 1. The second kappa shape index (κ2) is 5.33. The monoisotopic (exact) mass is 262 g/mol. The molecule has 0 aliphatic rings. The van der Waals surface area contributed by atoms with Crippen LogP contribution in [-0.4, -0.2) is 16.1 Å². The quantitative estimate of drug-likeness (QED) is 0.571. The molecular formula is C12H10N2O3S. The van der Waals surface area contributed by atoms with Crippen LogP contribution in [-0.2, 0) is 0 Å². The zero-order valence-electron chi connectivity index (χ0n) is 9.21. The van der Waals surface area contributed by atoms with E-state index in [2.05, 4.69) is 10.6 Å². The Morgan fingerprint density at radius 2 is 2.00 bits per heavy atom. The van der Waals surface area contributed by atoms with Crippen LogP contribution < -0.4 is 10.6 Å². The molecule has 1 amide bonds. The van der Waals surface area contributed by atoms with Crippen molar-refractivity contribution in [2.45, 2.75) is 0 Å². The van der Waals surface area contributed by atoms with Gasteiger partial charge in [0.1, 0.15) is 5.75 Å². The second-order valence-electron chi connectivity index (χ2n) is 3.40. The Morgan fingerprint density at radius 3 is 2.67 bits per heavy atom. The number of phenols is 1. The minimum atomic E-state index is -0.451. The van der Waals surface area contributed by atoms with E-state index >= 15 is 0 Å². The number of phenolic OH excluding ortho intramolecular Hbond substituents is 1. The molecule has 0 spiro atoms. The molecule has 0 radical (unpaired) electrons. The molecule has 0 saturated carbocycles. The minimum absolute atomic E-state index is 0.0482. The van der Waals surface area contributed by atoms with Crippen molar-refractivity contribution < 1.29 is 14.3 Å². The van der Waals surface area contributed by atoms with Gasteiger partial charge in [-0.05, 0) is 36.5 Å². The fourth-order valence-corrected chi connectivity index (χ4v) is 1.51. The number of nitrogens with one attached hydrogen (secondary N) is 2. The molecule has 1 aromatic carbocycles. The number of aromatic hydroxyl groups is 1. The first-order valence-corrected chi connectivity index (χ1v) is 5.51. The van der Waals surface area contributed by atoms with Crippen LogP contribution in [0.2, 0.25) is 0 Å². The van der Waals surface area contributed by atoms with Crippen LogP contribution in [0.4, 0.5) is 5.69 Å². The Morgan fingerprint density at radius 1 is 1.22 bits per heavy atom.